The van der Waals surface area contributed by atoms with E-state index in [1.54, 1.807) is 12.1 Å². The summed E-state index contributed by atoms with van der Waals surface area (Å²) < 4.78 is 27.1. The molecule has 1 aromatic carbocycles. The lowest BCUT2D eigenvalue weighted by Crippen LogP contribution is -2.36. The summed E-state index contributed by atoms with van der Waals surface area (Å²) in [6.45, 7) is 6.23. The van der Waals surface area contributed by atoms with Crippen molar-refractivity contribution >= 4 is 17.3 Å². The van der Waals surface area contributed by atoms with Crippen LogP contribution in [0.5, 0.6) is 0 Å². The lowest BCUT2D eigenvalue weighted by molar-refractivity contribution is -0.130. The fraction of sp³-hybridized carbons (Fsp3) is 0.379. The summed E-state index contributed by atoms with van der Waals surface area (Å²) in [5.41, 5.74) is 5.47. The van der Waals surface area contributed by atoms with E-state index in [0.29, 0.717) is 6.54 Å². The molecule has 0 saturated heterocycles. The van der Waals surface area contributed by atoms with Crippen LogP contribution in [0.15, 0.2) is 65.6 Å². The molecule has 2 aliphatic carbocycles. The maximum Gasteiger partial charge on any atom is 0.226 e. The van der Waals surface area contributed by atoms with Crippen LogP contribution in [0.4, 0.5) is 4.39 Å². The van der Waals surface area contributed by atoms with Crippen molar-refractivity contribution in [3.05, 3.63) is 88.2 Å². The van der Waals surface area contributed by atoms with Crippen molar-refractivity contribution in [1.82, 2.24) is 9.88 Å². The summed E-state index contributed by atoms with van der Waals surface area (Å²) >= 11 is 0. The number of allylic oxidation sites excluding steroid dienone is 4. The highest BCUT2D eigenvalue weighted by molar-refractivity contribution is 6.00. The monoisotopic (exact) mass is 492 g/mol. The molecule has 7 heteroatoms. The van der Waals surface area contributed by atoms with Gasteiger partial charge in [-0.15, -0.1) is 0 Å². The van der Waals surface area contributed by atoms with Crippen LogP contribution in [0.2, 0.25) is 0 Å². The smallest absolute Gasteiger partial charge is 0.226 e. The fourth-order valence-corrected chi connectivity index (χ4v) is 5.36. The van der Waals surface area contributed by atoms with E-state index in [1.165, 1.54) is 26.4 Å². The Bertz CT molecular complexity index is 1290. The minimum Gasteiger partial charge on any atom is -0.493 e. The number of hydrogen-bond donors (Lipinski definition) is 1. The first-order chi connectivity index (χ1) is 17.2. The van der Waals surface area contributed by atoms with Gasteiger partial charge >= 0.3 is 0 Å². The SMILES string of the molecule is COC1=CC(=CC2=C(C)C(C(C)C(=O)NCc3cccn3C)c3cc(F)ccc32)C(C)C(OC)C1=O. The van der Waals surface area contributed by atoms with Crippen molar-refractivity contribution in [3.63, 3.8) is 0 Å². The molecule has 4 unspecified atom stereocenters. The zero-order valence-electron chi connectivity index (χ0n) is 21.6. The van der Waals surface area contributed by atoms with Gasteiger partial charge in [0.05, 0.1) is 13.7 Å². The molecule has 1 amide bonds. The van der Waals surface area contributed by atoms with E-state index in [0.717, 1.165) is 33.5 Å². The molecule has 0 radical (unpaired) electrons. The molecule has 4 atom stereocenters. The number of rotatable bonds is 7. The Morgan fingerprint density at radius 2 is 2.03 bits per heavy atom. The molecule has 0 fully saturated rings. The number of ether oxygens (including phenoxy) is 2. The highest BCUT2D eigenvalue weighted by Crippen LogP contribution is 2.47. The van der Waals surface area contributed by atoms with Gasteiger partial charge in [0.2, 0.25) is 11.7 Å². The molecule has 0 spiro atoms. The molecular weight excluding hydrogens is 459 g/mol. The van der Waals surface area contributed by atoms with Gasteiger partial charge in [0.1, 0.15) is 11.9 Å². The van der Waals surface area contributed by atoms with E-state index in [9.17, 15) is 14.0 Å². The maximum atomic E-state index is 14.4. The summed E-state index contributed by atoms with van der Waals surface area (Å²) in [6, 6.07) is 8.63. The molecule has 1 heterocycles. The number of Topliss-reactive ketones (excluding diaryl/α,β-unsaturated/α-hetero) is 1. The lowest BCUT2D eigenvalue weighted by Gasteiger charge is -2.28. The average molecular weight is 493 g/mol. The number of fused-ring (bicyclic) bond motifs is 1. The number of aromatic nitrogens is 1. The highest BCUT2D eigenvalue weighted by atomic mass is 19.1. The number of carbonyl (C=O) groups is 2. The Balaban J connectivity index is 1.71. The molecule has 190 valence electrons. The van der Waals surface area contributed by atoms with Crippen molar-refractivity contribution < 1.29 is 23.5 Å². The maximum absolute atomic E-state index is 14.4. The van der Waals surface area contributed by atoms with Crippen LogP contribution in [0.3, 0.4) is 0 Å². The van der Waals surface area contributed by atoms with E-state index in [1.807, 2.05) is 56.8 Å². The van der Waals surface area contributed by atoms with Crippen LogP contribution in [0, 0.1) is 17.7 Å². The molecule has 2 aromatic rings. The molecule has 0 aliphatic heterocycles. The summed E-state index contributed by atoms with van der Waals surface area (Å²) in [6.07, 6.45) is 5.05. The van der Waals surface area contributed by atoms with Crippen molar-refractivity contribution in [2.45, 2.75) is 39.3 Å². The van der Waals surface area contributed by atoms with Crippen LogP contribution in [0.1, 0.15) is 43.5 Å². The number of halogens is 1. The summed E-state index contributed by atoms with van der Waals surface area (Å²) in [5.74, 6) is -1.27. The summed E-state index contributed by atoms with van der Waals surface area (Å²) in [4.78, 5) is 25.8. The van der Waals surface area contributed by atoms with Crippen LogP contribution < -0.4 is 5.32 Å². The van der Waals surface area contributed by atoms with E-state index in [4.69, 9.17) is 9.47 Å². The van der Waals surface area contributed by atoms with E-state index < -0.39 is 12.0 Å². The standard InChI is InChI=1S/C29H33FN2O4/c1-16-19(13-25(35-5)27(33)28(16)36-6)12-23-17(2)26(24-14-20(30)9-10-22(23)24)18(3)29(34)31-15-21-8-7-11-32(21)4/h7-14,16,18,26,28H,15H2,1-6H3,(H,31,34). The van der Waals surface area contributed by atoms with Gasteiger partial charge in [-0.1, -0.05) is 31.6 Å². The van der Waals surface area contributed by atoms with Crippen molar-refractivity contribution in [2.75, 3.05) is 14.2 Å². The first-order valence-electron chi connectivity index (χ1n) is 12.1. The number of hydrogen-bond acceptors (Lipinski definition) is 4. The minimum absolute atomic E-state index is 0.0951. The zero-order chi connectivity index (χ0) is 26.1. The second-order valence-corrected chi connectivity index (χ2v) is 9.59. The topological polar surface area (TPSA) is 69.6 Å². The highest BCUT2D eigenvalue weighted by Gasteiger charge is 2.38. The summed E-state index contributed by atoms with van der Waals surface area (Å²) in [7, 11) is 4.91. The number of benzene rings is 1. The van der Waals surface area contributed by atoms with Crippen LogP contribution in [0.25, 0.3) is 5.57 Å². The second kappa shape index (κ2) is 10.3. The van der Waals surface area contributed by atoms with Crippen LogP contribution in [-0.2, 0) is 32.7 Å². The fourth-order valence-electron chi connectivity index (χ4n) is 5.36. The Morgan fingerprint density at radius 3 is 2.67 bits per heavy atom. The molecule has 4 rings (SSSR count). The Morgan fingerprint density at radius 1 is 1.28 bits per heavy atom. The van der Waals surface area contributed by atoms with E-state index in [-0.39, 0.29) is 35.1 Å². The van der Waals surface area contributed by atoms with E-state index in [2.05, 4.69) is 5.32 Å². The molecule has 36 heavy (non-hydrogen) atoms. The summed E-state index contributed by atoms with van der Waals surface area (Å²) in [5, 5.41) is 3.03. The number of nitrogens with zero attached hydrogens (tertiary/aromatic N) is 1. The Kier molecular flexibility index (Phi) is 7.31. The van der Waals surface area contributed by atoms with Gasteiger partial charge in [-0.2, -0.15) is 0 Å². The predicted octanol–water partition coefficient (Wildman–Crippen LogP) is 4.68. The van der Waals surface area contributed by atoms with Gasteiger partial charge < -0.3 is 19.4 Å². The van der Waals surface area contributed by atoms with Gasteiger partial charge in [-0.05, 0) is 59.5 Å². The third-order valence-corrected chi connectivity index (χ3v) is 7.50. The van der Waals surface area contributed by atoms with E-state index >= 15 is 0 Å². The molecule has 2 aliphatic rings. The predicted molar refractivity (Wildman–Crippen MR) is 136 cm³/mol. The number of methoxy groups -OCH3 is 2. The molecular formula is C29H33FN2O4. The number of carbonyl (C=O) groups excluding carboxylic acids is 2. The lowest BCUT2D eigenvalue weighted by atomic mass is 9.83. The van der Waals surface area contributed by atoms with Gasteiger partial charge in [0.25, 0.3) is 0 Å². The number of nitrogens with one attached hydrogen (secondary N) is 1. The van der Waals surface area contributed by atoms with Gasteiger partial charge in [-0.25, -0.2) is 4.39 Å². The second-order valence-electron chi connectivity index (χ2n) is 9.59. The quantitative estimate of drug-likeness (QED) is 0.610. The first-order valence-corrected chi connectivity index (χ1v) is 12.1. The van der Waals surface area contributed by atoms with Crippen molar-refractivity contribution in [2.24, 2.45) is 18.9 Å². The molecule has 1 aromatic heterocycles. The number of ketones is 1. The van der Waals surface area contributed by atoms with Gasteiger partial charge in [0.15, 0.2) is 5.76 Å². The Labute approximate surface area is 211 Å². The normalized spacial score (nSPS) is 23.5. The van der Waals surface area contributed by atoms with Crippen molar-refractivity contribution in [3.8, 4) is 0 Å². The number of amides is 1. The zero-order valence-corrected chi connectivity index (χ0v) is 21.6. The Hall–Kier alpha value is -3.45. The number of aryl methyl sites for hydroxylation is 1. The van der Waals surface area contributed by atoms with Gasteiger partial charge in [-0.3, -0.25) is 9.59 Å². The molecule has 0 saturated carbocycles. The first kappa shape index (κ1) is 25.6. The van der Waals surface area contributed by atoms with Gasteiger partial charge in [0, 0.05) is 43.8 Å². The molecule has 6 nitrogen and oxygen atoms in total. The third kappa shape index (κ3) is 4.55. The van der Waals surface area contributed by atoms with Crippen molar-refractivity contribution in [1.29, 1.82) is 0 Å². The van der Waals surface area contributed by atoms with Crippen LogP contribution >= 0.6 is 0 Å². The molecule has 1 N–H and O–H groups in total. The third-order valence-electron chi connectivity index (χ3n) is 7.50. The van der Waals surface area contributed by atoms with Crippen LogP contribution in [-0.4, -0.2) is 36.6 Å². The average Bonchev–Trinajstić information content (AvgIpc) is 3.38. The minimum atomic E-state index is -0.649. The largest absolute Gasteiger partial charge is 0.493 e. The molecule has 0 bridgehead atoms.